The third-order valence-electron chi connectivity index (χ3n) is 6.02. The highest BCUT2D eigenvalue weighted by Crippen LogP contribution is 2.38. The molecule has 1 aromatic heterocycles. The van der Waals surface area contributed by atoms with Gasteiger partial charge < -0.3 is 24.5 Å². The van der Waals surface area contributed by atoms with E-state index in [1.54, 1.807) is 43.3 Å². The summed E-state index contributed by atoms with van der Waals surface area (Å²) in [6.07, 6.45) is -2.03. The van der Waals surface area contributed by atoms with Gasteiger partial charge in [0.05, 0.1) is 19.7 Å². The number of Topliss-reactive ketones (excluding diaryl/α,β-unsaturated/α-hetero) is 1. The topological polar surface area (TPSA) is 89.7 Å². The maximum atomic E-state index is 14.1. The van der Waals surface area contributed by atoms with Crippen molar-refractivity contribution >= 4 is 44.8 Å². The van der Waals surface area contributed by atoms with E-state index in [1.165, 1.54) is 32.7 Å². The molecule has 0 saturated carbocycles. The van der Waals surface area contributed by atoms with E-state index in [0.29, 0.717) is 38.0 Å². The molecule has 0 spiro atoms. The molecule has 0 saturated heterocycles. The number of methoxy groups -OCH3 is 2. The lowest BCUT2D eigenvalue weighted by Gasteiger charge is -2.22. The van der Waals surface area contributed by atoms with E-state index in [-0.39, 0.29) is 16.7 Å². The molecule has 0 bridgehead atoms. The number of anilines is 1. The normalized spacial score (nSPS) is 13.1. The van der Waals surface area contributed by atoms with E-state index in [2.05, 4.69) is 15.0 Å². The number of benzene rings is 3. The lowest BCUT2D eigenvalue weighted by atomic mass is 9.93. The van der Waals surface area contributed by atoms with Crippen LogP contribution in [0.1, 0.15) is 27.5 Å². The van der Waals surface area contributed by atoms with Crippen LogP contribution in [-0.4, -0.2) is 41.8 Å². The Bertz CT molecular complexity index is 1570. The molecule has 39 heavy (non-hydrogen) atoms. The van der Waals surface area contributed by atoms with E-state index in [4.69, 9.17) is 21.1 Å². The Kier molecular flexibility index (Phi) is 8.12. The van der Waals surface area contributed by atoms with Crippen LogP contribution >= 0.6 is 11.6 Å². The van der Waals surface area contributed by atoms with Crippen molar-refractivity contribution in [3.63, 3.8) is 0 Å². The molecule has 2 atom stereocenters. The summed E-state index contributed by atoms with van der Waals surface area (Å²) in [6, 6.07) is 11.4. The van der Waals surface area contributed by atoms with Crippen molar-refractivity contribution in [1.29, 1.82) is 0 Å². The molecule has 0 radical (unpaired) electrons. The van der Waals surface area contributed by atoms with Gasteiger partial charge in [0.1, 0.15) is 11.8 Å². The van der Waals surface area contributed by atoms with Crippen LogP contribution in [0, 0.1) is 6.92 Å². The van der Waals surface area contributed by atoms with Crippen molar-refractivity contribution in [3.8, 4) is 17.2 Å². The molecule has 3 aromatic carbocycles. The van der Waals surface area contributed by atoms with Crippen LogP contribution in [0.25, 0.3) is 10.9 Å². The van der Waals surface area contributed by atoms with Crippen LogP contribution < -0.4 is 19.5 Å². The predicted molar refractivity (Wildman–Crippen MR) is 144 cm³/mol. The average Bonchev–Trinajstić information content (AvgIpc) is 3.28. The number of alkyl halides is 3. The van der Waals surface area contributed by atoms with Gasteiger partial charge in [0.2, 0.25) is 0 Å². The first kappa shape index (κ1) is 28.3. The number of aromatic nitrogens is 1. The van der Waals surface area contributed by atoms with Crippen molar-refractivity contribution in [3.05, 3.63) is 76.4 Å². The molecular formula is C27H24ClF3N2O5S. The quantitative estimate of drug-likeness (QED) is 0.211. The molecule has 2 N–H and O–H groups in total. The van der Waals surface area contributed by atoms with Gasteiger partial charge in [-0.3, -0.25) is 9.00 Å². The summed E-state index contributed by atoms with van der Waals surface area (Å²) >= 11 is 6.15. The van der Waals surface area contributed by atoms with Gasteiger partial charge in [-0.2, -0.15) is 0 Å². The van der Waals surface area contributed by atoms with Gasteiger partial charge in [-0.15, -0.1) is 13.2 Å². The molecule has 12 heteroatoms. The molecule has 0 aliphatic heterocycles. The van der Waals surface area contributed by atoms with Gasteiger partial charge in [-0.25, -0.2) is 0 Å². The van der Waals surface area contributed by atoms with E-state index >= 15 is 0 Å². The van der Waals surface area contributed by atoms with Crippen LogP contribution in [-0.2, 0) is 10.8 Å². The lowest BCUT2D eigenvalue weighted by molar-refractivity contribution is -0.275. The lowest BCUT2D eigenvalue weighted by Crippen LogP contribution is -2.22. The fourth-order valence-electron chi connectivity index (χ4n) is 4.21. The molecule has 4 rings (SSSR count). The second-order valence-electron chi connectivity index (χ2n) is 8.59. The SMILES string of the molecule is COc1cc(NC(C(=O)c2c[nH]c3cc(OC)c(OC(F)(F)F)cc23)c2ccc(Cl)cc2C)cc(S(C)=O)c1. The van der Waals surface area contributed by atoms with Gasteiger partial charge >= 0.3 is 6.36 Å². The fourth-order valence-corrected chi connectivity index (χ4v) is 5.01. The fraction of sp³-hybridized carbons (Fsp3) is 0.222. The highest BCUT2D eigenvalue weighted by Gasteiger charge is 2.33. The number of H-pyrrole nitrogens is 1. The van der Waals surface area contributed by atoms with Crippen molar-refractivity contribution in [2.45, 2.75) is 24.2 Å². The number of hydrogen-bond donors (Lipinski definition) is 2. The standard InChI is InChI=1S/C27H24ClF3N2O5S/c1-14-7-15(28)5-6-19(14)25(33-16-8-17(36-2)10-18(9-16)39(4)35)26(34)21-13-32-22-12-23(37-3)24(11-20(21)22)38-27(29,30)31/h5-13,25,32-33H,1-4H3. The second kappa shape index (κ2) is 11.2. The second-order valence-corrected chi connectivity index (χ2v) is 10.4. The van der Waals surface area contributed by atoms with Crippen molar-refractivity contribution < 1.29 is 36.4 Å². The first-order chi connectivity index (χ1) is 18.4. The van der Waals surface area contributed by atoms with Crippen LogP contribution in [0.5, 0.6) is 17.2 Å². The maximum Gasteiger partial charge on any atom is 0.573 e. The largest absolute Gasteiger partial charge is 0.573 e. The maximum absolute atomic E-state index is 14.1. The number of rotatable bonds is 9. The van der Waals surface area contributed by atoms with Gasteiger partial charge in [0, 0.05) is 61.9 Å². The molecule has 0 aliphatic rings. The summed E-state index contributed by atoms with van der Waals surface area (Å²) in [4.78, 5) is 17.5. The number of aryl methyl sites for hydroxylation is 1. The Balaban J connectivity index is 1.85. The summed E-state index contributed by atoms with van der Waals surface area (Å²) in [7, 11) is 1.35. The van der Waals surface area contributed by atoms with Gasteiger partial charge in [-0.1, -0.05) is 17.7 Å². The molecular weight excluding hydrogens is 557 g/mol. The number of carbonyl (C=O) groups is 1. The zero-order valence-electron chi connectivity index (χ0n) is 21.2. The monoisotopic (exact) mass is 580 g/mol. The van der Waals surface area contributed by atoms with Crippen molar-refractivity contribution in [2.75, 3.05) is 25.8 Å². The van der Waals surface area contributed by atoms with Crippen LogP contribution in [0.2, 0.25) is 5.02 Å². The average molecular weight is 581 g/mol. The molecule has 0 amide bonds. The van der Waals surface area contributed by atoms with Gasteiger partial charge in [0.15, 0.2) is 17.3 Å². The summed E-state index contributed by atoms with van der Waals surface area (Å²) in [6.45, 7) is 1.79. The van der Waals surface area contributed by atoms with Gasteiger partial charge in [0.25, 0.3) is 0 Å². The van der Waals surface area contributed by atoms with Crippen molar-refractivity contribution in [1.82, 2.24) is 4.98 Å². The molecule has 4 aromatic rings. The zero-order chi connectivity index (χ0) is 28.5. The number of ether oxygens (including phenoxy) is 3. The number of aromatic amines is 1. The third kappa shape index (κ3) is 6.31. The molecule has 206 valence electrons. The summed E-state index contributed by atoms with van der Waals surface area (Å²) in [5.74, 6) is -0.754. The minimum Gasteiger partial charge on any atom is -0.497 e. The van der Waals surface area contributed by atoms with E-state index in [0.717, 1.165) is 6.07 Å². The Morgan fingerprint density at radius 2 is 1.79 bits per heavy atom. The van der Waals surface area contributed by atoms with Gasteiger partial charge in [-0.05, 0) is 48.4 Å². The minimum absolute atomic E-state index is 0.119. The molecule has 7 nitrogen and oxygen atoms in total. The summed E-state index contributed by atoms with van der Waals surface area (Å²) in [5.41, 5.74) is 2.24. The molecule has 1 heterocycles. The van der Waals surface area contributed by atoms with Crippen LogP contribution in [0.4, 0.5) is 18.9 Å². The van der Waals surface area contributed by atoms with Crippen molar-refractivity contribution in [2.24, 2.45) is 0 Å². The highest BCUT2D eigenvalue weighted by atomic mass is 35.5. The Labute approximate surface area is 229 Å². The summed E-state index contributed by atoms with van der Waals surface area (Å²) in [5, 5.41) is 3.88. The smallest absolute Gasteiger partial charge is 0.497 e. The number of carbonyl (C=O) groups excluding carboxylic acids is 1. The molecule has 0 aliphatic carbocycles. The molecule has 0 fully saturated rings. The highest BCUT2D eigenvalue weighted by molar-refractivity contribution is 7.84. The van der Waals surface area contributed by atoms with E-state index in [1.807, 2.05) is 0 Å². The minimum atomic E-state index is -4.96. The van der Waals surface area contributed by atoms with Crippen LogP contribution in [0.3, 0.4) is 0 Å². The Hall–Kier alpha value is -3.70. The van der Waals surface area contributed by atoms with E-state index < -0.39 is 34.7 Å². The predicted octanol–water partition coefficient (Wildman–Crippen LogP) is 6.82. The first-order valence-electron chi connectivity index (χ1n) is 11.4. The summed E-state index contributed by atoms with van der Waals surface area (Å²) < 4.78 is 65.9. The Morgan fingerprint density at radius 3 is 2.41 bits per heavy atom. The molecule has 2 unspecified atom stereocenters. The Morgan fingerprint density at radius 1 is 1.05 bits per heavy atom. The number of halogens is 4. The van der Waals surface area contributed by atoms with E-state index in [9.17, 15) is 22.2 Å². The number of hydrogen-bond acceptors (Lipinski definition) is 6. The zero-order valence-corrected chi connectivity index (χ0v) is 22.8. The number of fused-ring (bicyclic) bond motifs is 1. The van der Waals surface area contributed by atoms with Crippen LogP contribution in [0.15, 0.2) is 59.6 Å². The number of ketones is 1. The number of nitrogens with one attached hydrogen (secondary N) is 2. The first-order valence-corrected chi connectivity index (χ1v) is 13.4. The third-order valence-corrected chi connectivity index (χ3v) is 7.16.